The van der Waals surface area contributed by atoms with Gasteiger partial charge in [-0.2, -0.15) is 0 Å². The average molecular weight is 250 g/mol. The van der Waals surface area contributed by atoms with Gasteiger partial charge in [-0.25, -0.2) is 0 Å². The summed E-state index contributed by atoms with van der Waals surface area (Å²) in [5.74, 6) is 0.523. The molecular formula is C12H14N2O2S. The van der Waals surface area contributed by atoms with Crippen LogP contribution in [0.5, 0.6) is 0 Å². The van der Waals surface area contributed by atoms with Crippen LogP contribution in [0.3, 0.4) is 0 Å². The van der Waals surface area contributed by atoms with Crippen molar-refractivity contribution in [2.45, 2.75) is 11.3 Å². The third kappa shape index (κ3) is 2.87. The number of benzene rings is 1. The Labute approximate surface area is 104 Å². The van der Waals surface area contributed by atoms with E-state index in [9.17, 15) is 9.59 Å². The predicted octanol–water partition coefficient (Wildman–Crippen LogP) is 1.52. The van der Waals surface area contributed by atoms with Gasteiger partial charge in [-0.3, -0.25) is 9.59 Å². The third-order valence-electron chi connectivity index (χ3n) is 2.54. The zero-order valence-electron chi connectivity index (χ0n) is 9.58. The number of anilines is 1. The van der Waals surface area contributed by atoms with Crippen molar-refractivity contribution in [2.24, 2.45) is 0 Å². The van der Waals surface area contributed by atoms with Gasteiger partial charge in [0.1, 0.15) is 0 Å². The fourth-order valence-electron chi connectivity index (χ4n) is 1.64. The normalized spacial score (nSPS) is 14.1. The molecule has 0 radical (unpaired) electrons. The summed E-state index contributed by atoms with van der Waals surface area (Å²) < 4.78 is 0. The van der Waals surface area contributed by atoms with Gasteiger partial charge in [-0.1, -0.05) is 6.07 Å². The Balaban J connectivity index is 2.18. The minimum Gasteiger partial charge on any atom is -0.324 e. The fourth-order valence-corrected chi connectivity index (χ4v) is 2.43. The molecule has 0 aliphatic carbocycles. The molecule has 1 amide bonds. The number of Topliss-reactive ketones (excluding diaryl/α,β-unsaturated/α-hetero) is 1. The van der Waals surface area contributed by atoms with Crippen molar-refractivity contribution in [1.82, 2.24) is 5.32 Å². The molecule has 2 N–H and O–H groups in total. The first-order valence-electron chi connectivity index (χ1n) is 5.45. The molecule has 1 aromatic carbocycles. The van der Waals surface area contributed by atoms with Crippen molar-refractivity contribution in [2.75, 3.05) is 24.7 Å². The van der Waals surface area contributed by atoms with Crippen molar-refractivity contribution in [3.63, 3.8) is 0 Å². The van der Waals surface area contributed by atoms with Crippen molar-refractivity contribution < 1.29 is 9.59 Å². The number of fused-ring (bicyclic) bond motifs is 1. The number of nitrogens with one attached hydrogen (secondary N) is 2. The molecular weight excluding hydrogens is 236 g/mol. The standard InChI is InChI=1S/C12H14N2O2S/c1-13-5-4-10(15)8-2-3-11-9(6-8)14-12(16)7-17-11/h2-3,6,13H,4-5,7H2,1H3,(H,14,16). The Morgan fingerprint density at radius 3 is 3.12 bits per heavy atom. The summed E-state index contributed by atoms with van der Waals surface area (Å²) in [6.45, 7) is 0.664. The second-order valence-corrected chi connectivity index (χ2v) is 4.84. The van der Waals surface area contributed by atoms with Crippen LogP contribution in [-0.2, 0) is 4.79 Å². The minimum absolute atomic E-state index is 0.0117. The second kappa shape index (κ2) is 5.33. The Morgan fingerprint density at radius 2 is 2.35 bits per heavy atom. The predicted molar refractivity (Wildman–Crippen MR) is 68.7 cm³/mol. The highest BCUT2D eigenvalue weighted by molar-refractivity contribution is 8.00. The van der Waals surface area contributed by atoms with Crippen molar-refractivity contribution in [3.05, 3.63) is 23.8 Å². The second-order valence-electron chi connectivity index (χ2n) is 3.82. The van der Waals surface area contributed by atoms with Crippen molar-refractivity contribution in [3.8, 4) is 0 Å². The van der Waals surface area contributed by atoms with Crippen LogP contribution in [-0.4, -0.2) is 31.0 Å². The van der Waals surface area contributed by atoms with E-state index in [0.29, 0.717) is 24.3 Å². The summed E-state index contributed by atoms with van der Waals surface area (Å²) in [6.07, 6.45) is 0.469. The molecule has 0 unspecified atom stereocenters. The molecule has 1 heterocycles. The van der Waals surface area contributed by atoms with Crippen LogP contribution >= 0.6 is 11.8 Å². The van der Waals surface area contributed by atoms with Crippen molar-refractivity contribution in [1.29, 1.82) is 0 Å². The molecule has 0 saturated heterocycles. The highest BCUT2D eigenvalue weighted by Crippen LogP contribution is 2.32. The summed E-state index contributed by atoms with van der Waals surface area (Å²) in [4.78, 5) is 24.1. The highest BCUT2D eigenvalue weighted by Gasteiger charge is 2.16. The van der Waals surface area contributed by atoms with Crippen LogP contribution < -0.4 is 10.6 Å². The van der Waals surface area contributed by atoms with E-state index in [2.05, 4.69) is 10.6 Å². The topological polar surface area (TPSA) is 58.2 Å². The largest absolute Gasteiger partial charge is 0.324 e. The van der Waals surface area contributed by atoms with E-state index in [1.807, 2.05) is 19.2 Å². The number of amides is 1. The number of hydrogen-bond acceptors (Lipinski definition) is 4. The molecule has 5 heteroatoms. The number of hydrogen-bond donors (Lipinski definition) is 2. The number of rotatable bonds is 4. The molecule has 0 atom stereocenters. The van der Waals surface area contributed by atoms with Gasteiger partial charge in [-0.05, 0) is 19.2 Å². The molecule has 90 valence electrons. The van der Waals surface area contributed by atoms with Gasteiger partial charge in [0.15, 0.2) is 5.78 Å². The Kier molecular flexibility index (Phi) is 3.81. The monoisotopic (exact) mass is 250 g/mol. The zero-order valence-corrected chi connectivity index (χ0v) is 10.4. The van der Waals surface area contributed by atoms with Gasteiger partial charge in [-0.15, -0.1) is 11.8 Å². The fraction of sp³-hybridized carbons (Fsp3) is 0.333. The van der Waals surface area contributed by atoms with Crippen LogP contribution in [0.25, 0.3) is 0 Å². The quantitative estimate of drug-likeness (QED) is 0.796. The van der Waals surface area contributed by atoms with E-state index in [1.54, 1.807) is 6.07 Å². The van der Waals surface area contributed by atoms with Crippen LogP contribution in [0.1, 0.15) is 16.8 Å². The number of thioether (sulfide) groups is 1. The Bertz CT molecular complexity index is 460. The van der Waals surface area contributed by atoms with Crippen LogP contribution in [0, 0.1) is 0 Å². The lowest BCUT2D eigenvalue weighted by molar-refractivity contribution is -0.113. The maximum Gasteiger partial charge on any atom is 0.234 e. The lowest BCUT2D eigenvalue weighted by Crippen LogP contribution is -2.19. The Morgan fingerprint density at radius 1 is 1.53 bits per heavy atom. The first-order valence-corrected chi connectivity index (χ1v) is 6.44. The zero-order chi connectivity index (χ0) is 12.3. The number of carbonyl (C=O) groups is 2. The average Bonchev–Trinajstić information content (AvgIpc) is 2.35. The SMILES string of the molecule is CNCCC(=O)c1ccc2c(c1)NC(=O)CS2. The third-order valence-corrected chi connectivity index (χ3v) is 3.61. The highest BCUT2D eigenvalue weighted by atomic mass is 32.2. The molecule has 17 heavy (non-hydrogen) atoms. The van der Waals surface area contributed by atoms with E-state index >= 15 is 0 Å². The maximum atomic E-state index is 11.8. The summed E-state index contributed by atoms with van der Waals surface area (Å²) in [5, 5.41) is 5.73. The summed E-state index contributed by atoms with van der Waals surface area (Å²) in [5.41, 5.74) is 1.41. The van der Waals surface area contributed by atoms with Gasteiger partial charge in [0.25, 0.3) is 0 Å². The van der Waals surface area contributed by atoms with E-state index in [4.69, 9.17) is 0 Å². The molecule has 0 spiro atoms. The molecule has 1 aromatic rings. The number of carbonyl (C=O) groups excluding carboxylic acids is 2. The molecule has 1 aliphatic heterocycles. The number of ketones is 1. The van der Waals surface area contributed by atoms with Gasteiger partial charge >= 0.3 is 0 Å². The van der Waals surface area contributed by atoms with Crippen LogP contribution in [0.15, 0.2) is 23.1 Å². The molecule has 4 nitrogen and oxygen atoms in total. The summed E-state index contributed by atoms with van der Waals surface area (Å²) >= 11 is 1.50. The summed E-state index contributed by atoms with van der Waals surface area (Å²) in [7, 11) is 1.82. The van der Waals surface area contributed by atoms with E-state index in [1.165, 1.54) is 11.8 Å². The Hall–Kier alpha value is -1.33. The smallest absolute Gasteiger partial charge is 0.234 e. The summed E-state index contributed by atoms with van der Waals surface area (Å²) in [6, 6.07) is 5.48. The molecule has 2 rings (SSSR count). The van der Waals surface area contributed by atoms with Crippen LogP contribution in [0.4, 0.5) is 5.69 Å². The lowest BCUT2D eigenvalue weighted by Gasteiger charge is -2.16. The first kappa shape index (κ1) is 12.1. The minimum atomic E-state index is -0.0117. The van der Waals surface area contributed by atoms with Gasteiger partial charge in [0.2, 0.25) is 5.91 Å². The lowest BCUT2D eigenvalue weighted by atomic mass is 10.1. The van der Waals surface area contributed by atoms with Gasteiger partial charge < -0.3 is 10.6 Å². The first-order chi connectivity index (χ1) is 8.20. The van der Waals surface area contributed by atoms with E-state index < -0.39 is 0 Å². The molecule has 0 fully saturated rings. The van der Waals surface area contributed by atoms with Gasteiger partial charge in [0, 0.05) is 23.4 Å². The van der Waals surface area contributed by atoms with Crippen LogP contribution in [0.2, 0.25) is 0 Å². The van der Waals surface area contributed by atoms with Crippen molar-refractivity contribution >= 4 is 29.1 Å². The molecule has 0 aromatic heterocycles. The molecule has 0 bridgehead atoms. The maximum absolute atomic E-state index is 11.8. The van der Waals surface area contributed by atoms with E-state index in [-0.39, 0.29) is 11.7 Å². The molecule has 1 aliphatic rings. The van der Waals surface area contributed by atoms with E-state index in [0.717, 1.165) is 10.6 Å². The molecule has 0 saturated carbocycles. The van der Waals surface area contributed by atoms with Gasteiger partial charge in [0.05, 0.1) is 11.4 Å².